The highest BCUT2D eigenvalue weighted by molar-refractivity contribution is 7.80. The molecule has 0 aliphatic carbocycles. The quantitative estimate of drug-likeness (QED) is 0.273. The highest BCUT2D eigenvalue weighted by Gasteiger charge is 2.40. The molecule has 1 aliphatic rings. The molecule has 0 saturated carbocycles. The molecular formula is C21H22F2N2O6S. The number of rotatable bonds is 10. The van der Waals surface area contributed by atoms with E-state index in [1.54, 1.807) is 0 Å². The fraction of sp³-hybridized carbons (Fsp3) is 0.333. The van der Waals surface area contributed by atoms with E-state index in [-0.39, 0.29) is 26.2 Å². The molecule has 2 rings (SSSR count). The van der Waals surface area contributed by atoms with Gasteiger partial charge in [-0.1, -0.05) is 25.3 Å². The Labute approximate surface area is 188 Å². The first-order valence-corrected chi connectivity index (χ1v) is 9.92. The van der Waals surface area contributed by atoms with E-state index in [4.69, 9.17) is 21.7 Å². The fourth-order valence-electron chi connectivity index (χ4n) is 3.18. The Balaban J connectivity index is 2.11. The molecule has 1 unspecified atom stereocenters. The summed E-state index contributed by atoms with van der Waals surface area (Å²) in [6.45, 7) is 6.71. The molecule has 1 heterocycles. The van der Waals surface area contributed by atoms with Crippen LogP contribution in [0.15, 0.2) is 37.4 Å². The summed E-state index contributed by atoms with van der Waals surface area (Å²) in [4.78, 5) is 36.7. The first-order chi connectivity index (χ1) is 15.2. The minimum Gasteiger partial charge on any atom is -0.501 e. The molecule has 1 aromatic carbocycles. The van der Waals surface area contributed by atoms with Crippen molar-refractivity contribution in [3.8, 4) is 0 Å². The van der Waals surface area contributed by atoms with Crippen LogP contribution in [-0.4, -0.2) is 53.8 Å². The zero-order valence-electron chi connectivity index (χ0n) is 16.9. The summed E-state index contributed by atoms with van der Waals surface area (Å²) in [6, 6.07) is 0.421. The van der Waals surface area contributed by atoms with Gasteiger partial charge in [0.1, 0.15) is 30.8 Å². The van der Waals surface area contributed by atoms with Crippen molar-refractivity contribution in [2.75, 3.05) is 25.1 Å². The van der Waals surface area contributed by atoms with E-state index in [2.05, 4.69) is 23.8 Å². The van der Waals surface area contributed by atoms with Gasteiger partial charge in [0, 0.05) is 12.6 Å². The molecular weight excluding hydrogens is 446 g/mol. The van der Waals surface area contributed by atoms with Gasteiger partial charge < -0.3 is 25.2 Å². The third-order valence-corrected chi connectivity index (χ3v) is 4.94. The molecule has 11 heteroatoms. The van der Waals surface area contributed by atoms with Gasteiger partial charge in [-0.15, -0.1) is 0 Å². The van der Waals surface area contributed by atoms with Crippen molar-refractivity contribution in [2.45, 2.75) is 12.5 Å². The number of halogens is 2. The van der Waals surface area contributed by atoms with Gasteiger partial charge in [-0.05, 0) is 30.6 Å². The average molecular weight is 468 g/mol. The van der Waals surface area contributed by atoms with Crippen LogP contribution in [0.5, 0.6) is 0 Å². The van der Waals surface area contributed by atoms with Crippen molar-refractivity contribution < 1.29 is 37.7 Å². The summed E-state index contributed by atoms with van der Waals surface area (Å²) in [6.07, 6.45) is 2.72. The maximum atomic E-state index is 14.2. The van der Waals surface area contributed by atoms with Gasteiger partial charge in [-0.2, -0.15) is 0 Å². The Morgan fingerprint density at radius 1 is 1.22 bits per heavy atom. The number of aliphatic hydroxyl groups is 1. The van der Waals surface area contributed by atoms with Crippen LogP contribution in [0.1, 0.15) is 16.8 Å². The first-order valence-electron chi connectivity index (χ1n) is 9.51. The van der Waals surface area contributed by atoms with E-state index in [0.717, 1.165) is 6.07 Å². The summed E-state index contributed by atoms with van der Waals surface area (Å²) in [5.41, 5.74) is -0.983. The Hall–Kier alpha value is -3.18. The third-order valence-electron chi connectivity index (χ3n) is 4.68. The van der Waals surface area contributed by atoms with Gasteiger partial charge in [-0.3, -0.25) is 9.59 Å². The standard InChI is InChI=1S/C21H22F2N2O6S/c1-3-5-30-19(27)12-8-15(14(23)9-13(12)22)25-18(26)16-7-11(10-24-16)17(21(29)32)20(28)31-6-4-2/h3-4,8-9,11,16-17,24H,1-2,5-7,10H2,(H,25,26)(H,29,32)/t11-,16?,17+/m1/s1. The highest BCUT2D eigenvalue weighted by Crippen LogP contribution is 2.27. The van der Waals surface area contributed by atoms with Gasteiger partial charge in [0.25, 0.3) is 0 Å². The Kier molecular flexibility index (Phi) is 8.97. The average Bonchev–Trinajstić information content (AvgIpc) is 3.21. The Morgan fingerprint density at radius 3 is 2.50 bits per heavy atom. The molecule has 0 aromatic heterocycles. The van der Waals surface area contributed by atoms with Crippen LogP contribution in [0.25, 0.3) is 0 Å². The van der Waals surface area contributed by atoms with Crippen molar-refractivity contribution in [3.05, 3.63) is 54.6 Å². The lowest BCUT2D eigenvalue weighted by molar-refractivity contribution is -0.146. The molecule has 1 aliphatic heterocycles. The van der Waals surface area contributed by atoms with E-state index >= 15 is 0 Å². The number of hydrogen-bond acceptors (Lipinski definition) is 7. The minimum atomic E-state index is -1.15. The molecule has 3 N–H and O–H groups in total. The number of aliphatic hydroxyl groups excluding tert-OH is 1. The number of ether oxygens (including phenoxy) is 2. The molecule has 8 nitrogen and oxygen atoms in total. The molecule has 32 heavy (non-hydrogen) atoms. The monoisotopic (exact) mass is 468 g/mol. The molecule has 1 amide bonds. The predicted octanol–water partition coefficient (Wildman–Crippen LogP) is 2.46. The molecule has 0 radical (unpaired) electrons. The third kappa shape index (κ3) is 6.17. The van der Waals surface area contributed by atoms with Crippen LogP contribution in [0, 0.1) is 23.5 Å². The summed E-state index contributed by atoms with van der Waals surface area (Å²) in [5, 5.41) is 14.3. The Bertz CT molecular complexity index is 939. The lowest BCUT2D eigenvalue weighted by Crippen LogP contribution is -2.35. The topological polar surface area (TPSA) is 114 Å². The SMILES string of the molecule is C=CCOC(=O)c1cc(NC(=O)C2C[C@@H]([C@@H](C(=O)OCC=C)C(O)=S)CN2)c(F)cc1F. The van der Waals surface area contributed by atoms with Crippen molar-refractivity contribution >= 4 is 40.8 Å². The number of nitrogens with one attached hydrogen (secondary N) is 2. The second-order valence-electron chi connectivity index (χ2n) is 6.88. The zero-order chi connectivity index (χ0) is 23.8. The fourth-order valence-corrected chi connectivity index (χ4v) is 3.46. The van der Waals surface area contributed by atoms with Gasteiger partial charge in [0.2, 0.25) is 5.91 Å². The summed E-state index contributed by atoms with van der Waals surface area (Å²) < 4.78 is 37.8. The summed E-state index contributed by atoms with van der Waals surface area (Å²) in [7, 11) is 0. The summed E-state index contributed by atoms with van der Waals surface area (Å²) >= 11 is 4.75. The number of esters is 2. The van der Waals surface area contributed by atoms with Crippen LogP contribution >= 0.6 is 12.2 Å². The number of hydrogen-bond donors (Lipinski definition) is 3. The molecule has 1 saturated heterocycles. The van der Waals surface area contributed by atoms with Gasteiger partial charge in [-0.25, -0.2) is 13.6 Å². The smallest absolute Gasteiger partial charge is 0.341 e. The second kappa shape index (κ2) is 11.4. The first kappa shape index (κ1) is 25.1. The second-order valence-corrected chi connectivity index (χ2v) is 7.30. The lowest BCUT2D eigenvalue weighted by Gasteiger charge is -2.19. The molecule has 3 atom stereocenters. The van der Waals surface area contributed by atoms with Gasteiger partial charge in [0.15, 0.2) is 5.05 Å². The van der Waals surface area contributed by atoms with Crippen molar-refractivity contribution in [1.29, 1.82) is 0 Å². The maximum Gasteiger partial charge on any atom is 0.341 e. The van der Waals surface area contributed by atoms with Gasteiger partial charge in [0.05, 0.1) is 17.3 Å². The number of anilines is 1. The number of carbonyl (C=O) groups excluding carboxylic acids is 3. The normalized spacial score (nSPS) is 18.3. The van der Waals surface area contributed by atoms with Crippen LogP contribution in [-0.2, 0) is 19.1 Å². The minimum absolute atomic E-state index is 0.0661. The molecule has 172 valence electrons. The zero-order valence-corrected chi connectivity index (χ0v) is 17.8. The number of thiocarbonyl (C=S) groups is 1. The van der Waals surface area contributed by atoms with Crippen molar-refractivity contribution in [1.82, 2.24) is 5.32 Å². The molecule has 1 aromatic rings. The van der Waals surface area contributed by atoms with Gasteiger partial charge >= 0.3 is 11.9 Å². The number of amides is 1. The molecule has 0 spiro atoms. The molecule has 1 fully saturated rings. The van der Waals surface area contributed by atoms with E-state index in [0.29, 0.717) is 6.07 Å². The van der Waals surface area contributed by atoms with Crippen molar-refractivity contribution in [3.63, 3.8) is 0 Å². The van der Waals surface area contributed by atoms with Crippen LogP contribution < -0.4 is 10.6 Å². The number of carbonyl (C=O) groups is 3. The molecule has 0 bridgehead atoms. The van der Waals surface area contributed by atoms with Crippen molar-refractivity contribution in [2.24, 2.45) is 11.8 Å². The van der Waals surface area contributed by atoms with E-state index in [1.165, 1.54) is 12.2 Å². The highest BCUT2D eigenvalue weighted by atomic mass is 32.1. The van der Waals surface area contributed by atoms with E-state index in [9.17, 15) is 28.3 Å². The van der Waals surface area contributed by atoms with E-state index < -0.39 is 63.7 Å². The van der Waals surface area contributed by atoms with Crippen LogP contribution in [0.4, 0.5) is 14.5 Å². The summed E-state index contributed by atoms with van der Waals surface area (Å²) in [5.74, 6) is -6.41. The largest absolute Gasteiger partial charge is 0.501 e. The van der Waals surface area contributed by atoms with Crippen LogP contribution in [0.3, 0.4) is 0 Å². The lowest BCUT2D eigenvalue weighted by atomic mass is 9.90. The van der Waals surface area contributed by atoms with Crippen LogP contribution in [0.2, 0.25) is 0 Å². The Morgan fingerprint density at radius 2 is 1.88 bits per heavy atom. The van der Waals surface area contributed by atoms with E-state index in [1.807, 2.05) is 0 Å². The maximum absolute atomic E-state index is 14.2. The predicted molar refractivity (Wildman–Crippen MR) is 115 cm³/mol. The number of benzene rings is 1.